The van der Waals surface area contributed by atoms with Gasteiger partial charge in [-0.25, -0.2) is 0 Å². The monoisotopic (exact) mass is 321 g/mol. The number of hydrogen-bond acceptors (Lipinski definition) is 4. The Bertz CT molecular complexity index is 448. The SMILES string of the molecule is CCO[C@H]1CN(C)C[C@@H](C)[C@@H]1c1ccc(OCCCOC)cc1. The smallest absolute Gasteiger partial charge is 0.119 e. The molecule has 1 fully saturated rings. The van der Waals surface area contributed by atoms with Gasteiger partial charge in [-0.15, -0.1) is 0 Å². The summed E-state index contributed by atoms with van der Waals surface area (Å²) in [6.45, 7) is 8.71. The molecule has 0 aromatic heterocycles. The van der Waals surface area contributed by atoms with Crippen molar-refractivity contribution in [1.82, 2.24) is 4.90 Å². The van der Waals surface area contributed by atoms with Crippen LogP contribution in [0.25, 0.3) is 0 Å². The van der Waals surface area contributed by atoms with Crippen molar-refractivity contribution in [2.45, 2.75) is 32.3 Å². The molecule has 1 saturated heterocycles. The predicted molar refractivity (Wildman–Crippen MR) is 93.2 cm³/mol. The van der Waals surface area contributed by atoms with E-state index in [0.717, 1.165) is 38.5 Å². The molecule has 23 heavy (non-hydrogen) atoms. The number of hydrogen-bond donors (Lipinski definition) is 0. The summed E-state index contributed by atoms with van der Waals surface area (Å²) in [7, 11) is 3.89. The summed E-state index contributed by atoms with van der Waals surface area (Å²) >= 11 is 0. The summed E-state index contributed by atoms with van der Waals surface area (Å²) in [6, 6.07) is 8.56. The lowest BCUT2D eigenvalue weighted by atomic mass is 9.79. The van der Waals surface area contributed by atoms with Crippen LogP contribution in [-0.4, -0.2) is 58.1 Å². The minimum Gasteiger partial charge on any atom is -0.494 e. The fourth-order valence-electron chi connectivity index (χ4n) is 3.56. The van der Waals surface area contributed by atoms with E-state index in [1.54, 1.807) is 7.11 Å². The Kier molecular flexibility index (Phi) is 7.34. The van der Waals surface area contributed by atoms with E-state index in [-0.39, 0.29) is 6.10 Å². The van der Waals surface area contributed by atoms with Gasteiger partial charge in [0.2, 0.25) is 0 Å². The highest BCUT2D eigenvalue weighted by atomic mass is 16.5. The third kappa shape index (κ3) is 5.20. The summed E-state index contributed by atoms with van der Waals surface area (Å²) in [5, 5.41) is 0. The molecule has 3 atom stereocenters. The van der Waals surface area contributed by atoms with Gasteiger partial charge in [-0.2, -0.15) is 0 Å². The average molecular weight is 321 g/mol. The first-order chi connectivity index (χ1) is 11.2. The Labute approximate surface area is 140 Å². The number of piperidine rings is 1. The molecule has 1 aliphatic rings. The summed E-state index contributed by atoms with van der Waals surface area (Å²) < 4.78 is 16.8. The molecule has 1 heterocycles. The van der Waals surface area contributed by atoms with Crippen molar-refractivity contribution in [3.8, 4) is 5.75 Å². The topological polar surface area (TPSA) is 30.9 Å². The molecule has 0 amide bonds. The fraction of sp³-hybridized carbons (Fsp3) is 0.684. The van der Waals surface area contributed by atoms with Gasteiger partial charge >= 0.3 is 0 Å². The molecular formula is C19H31NO3. The van der Waals surface area contributed by atoms with Crippen molar-refractivity contribution in [3.05, 3.63) is 29.8 Å². The number of likely N-dealkylation sites (tertiary alicyclic amines) is 1. The van der Waals surface area contributed by atoms with Gasteiger partial charge in [0.05, 0.1) is 12.7 Å². The van der Waals surface area contributed by atoms with Crippen molar-refractivity contribution in [3.63, 3.8) is 0 Å². The molecule has 0 N–H and O–H groups in total. The van der Waals surface area contributed by atoms with E-state index in [1.807, 2.05) is 0 Å². The molecule has 130 valence electrons. The van der Waals surface area contributed by atoms with E-state index >= 15 is 0 Å². The van der Waals surface area contributed by atoms with Gasteiger partial charge in [-0.05, 0) is 37.6 Å². The van der Waals surface area contributed by atoms with Crippen LogP contribution in [0.5, 0.6) is 5.75 Å². The summed E-state index contributed by atoms with van der Waals surface area (Å²) in [4.78, 5) is 2.37. The van der Waals surface area contributed by atoms with Crippen molar-refractivity contribution in [2.75, 3.05) is 47.1 Å². The normalized spacial score (nSPS) is 25.5. The van der Waals surface area contributed by atoms with Crippen LogP contribution in [0.15, 0.2) is 24.3 Å². The molecule has 1 aromatic carbocycles. The number of nitrogens with zero attached hydrogens (tertiary/aromatic N) is 1. The third-order valence-electron chi connectivity index (χ3n) is 4.51. The van der Waals surface area contributed by atoms with E-state index < -0.39 is 0 Å². The van der Waals surface area contributed by atoms with Gasteiger partial charge < -0.3 is 19.1 Å². The second kappa shape index (κ2) is 9.26. The van der Waals surface area contributed by atoms with Crippen molar-refractivity contribution < 1.29 is 14.2 Å². The van der Waals surface area contributed by atoms with E-state index in [9.17, 15) is 0 Å². The van der Waals surface area contributed by atoms with Crippen LogP contribution >= 0.6 is 0 Å². The molecule has 1 aliphatic heterocycles. The van der Waals surface area contributed by atoms with Gasteiger partial charge in [-0.1, -0.05) is 19.1 Å². The Hall–Kier alpha value is -1.10. The highest BCUT2D eigenvalue weighted by Gasteiger charge is 2.34. The molecule has 0 unspecified atom stereocenters. The van der Waals surface area contributed by atoms with Gasteiger partial charge in [0.25, 0.3) is 0 Å². The maximum atomic E-state index is 6.03. The third-order valence-corrected chi connectivity index (χ3v) is 4.51. The number of likely N-dealkylation sites (N-methyl/N-ethyl adjacent to an activating group) is 1. The van der Waals surface area contributed by atoms with Gasteiger partial charge in [0, 0.05) is 45.8 Å². The largest absolute Gasteiger partial charge is 0.494 e. The zero-order valence-corrected chi connectivity index (χ0v) is 15.0. The molecule has 4 heteroatoms. The molecule has 2 rings (SSSR count). The average Bonchev–Trinajstić information content (AvgIpc) is 2.52. The second-order valence-electron chi connectivity index (χ2n) is 6.48. The van der Waals surface area contributed by atoms with Crippen molar-refractivity contribution in [1.29, 1.82) is 0 Å². The number of ether oxygens (including phenoxy) is 3. The Morgan fingerprint density at radius 2 is 1.87 bits per heavy atom. The minimum atomic E-state index is 0.266. The van der Waals surface area contributed by atoms with Crippen molar-refractivity contribution >= 4 is 0 Å². The molecule has 1 aromatic rings. The number of methoxy groups -OCH3 is 1. The molecular weight excluding hydrogens is 290 g/mol. The lowest BCUT2D eigenvalue weighted by Gasteiger charge is -2.41. The molecule has 0 aliphatic carbocycles. The number of rotatable bonds is 8. The van der Waals surface area contributed by atoms with Gasteiger partial charge in [0.15, 0.2) is 0 Å². The van der Waals surface area contributed by atoms with E-state index in [2.05, 4.69) is 50.1 Å². The van der Waals surface area contributed by atoms with Crippen LogP contribution in [0.2, 0.25) is 0 Å². The molecule has 0 radical (unpaired) electrons. The minimum absolute atomic E-state index is 0.266. The quantitative estimate of drug-likeness (QED) is 0.688. The lowest BCUT2D eigenvalue weighted by molar-refractivity contribution is -0.0213. The van der Waals surface area contributed by atoms with Crippen LogP contribution in [0.4, 0.5) is 0 Å². The zero-order chi connectivity index (χ0) is 16.7. The summed E-state index contributed by atoms with van der Waals surface area (Å²) in [6.07, 6.45) is 1.18. The molecule has 4 nitrogen and oxygen atoms in total. The summed E-state index contributed by atoms with van der Waals surface area (Å²) in [5.41, 5.74) is 1.35. The first kappa shape index (κ1) is 18.2. The van der Waals surface area contributed by atoms with Gasteiger partial charge in [0.1, 0.15) is 5.75 Å². The Morgan fingerprint density at radius 3 is 2.52 bits per heavy atom. The Morgan fingerprint density at radius 1 is 1.13 bits per heavy atom. The van der Waals surface area contributed by atoms with Crippen LogP contribution in [-0.2, 0) is 9.47 Å². The second-order valence-corrected chi connectivity index (χ2v) is 6.48. The van der Waals surface area contributed by atoms with Crippen LogP contribution in [0, 0.1) is 5.92 Å². The summed E-state index contributed by atoms with van der Waals surface area (Å²) in [5.74, 6) is 1.96. The van der Waals surface area contributed by atoms with Crippen LogP contribution in [0.3, 0.4) is 0 Å². The van der Waals surface area contributed by atoms with Crippen LogP contribution in [0.1, 0.15) is 31.7 Å². The number of benzene rings is 1. The standard InChI is InChI=1S/C19H31NO3/c1-5-22-18-14-20(3)13-15(2)19(18)16-7-9-17(10-8-16)23-12-6-11-21-4/h7-10,15,18-19H,5-6,11-14H2,1-4H3/t15-,18+,19-/m1/s1. The van der Waals surface area contributed by atoms with E-state index in [4.69, 9.17) is 14.2 Å². The van der Waals surface area contributed by atoms with E-state index in [1.165, 1.54) is 5.56 Å². The molecule has 0 saturated carbocycles. The van der Waals surface area contributed by atoms with Crippen LogP contribution < -0.4 is 4.74 Å². The Balaban J connectivity index is 2.01. The molecule has 0 bridgehead atoms. The highest BCUT2D eigenvalue weighted by molar-refractivity contribution is 5.31. The first-order valence-corrected chi connectivity index (χ1v) is 8.67. The first-order valence-electron chi connectivity index (χ1n) is 8.67. The van der Waals surface area contributed by atoms with Crippen molar-refractivity contribution in [2.24, 2.45) is 5.92 Å². The zero-order valence-electron chi connectivity index (χ0n) is 15.0. The van der Waals surface area contributed by atoms with Gasteiger partial charge in [-0.3, -0.25) is 0 Å². The van der Waals surface area contributed by atoms with E-state index in [0.29, 0.717) is 18.4 Å². The highest BCUT2D eigenvalue weighted by Crippen LogP contribution is 2.35. The molecule has 0 spiro atoms. The maximum absolute atomic E-state index is 6.03. The predicted octanol–water partition coefficient (Wildman–Crippen LogP) is 3.17. The maximum Gasteiger partial charge on any atom is 0.119 e. The lowest BCUT2D eigenvalue weighted by Crippen LogP contribution is -2.46. The fourth-order valence-corrected chi connectivity index (χ4v) is 3.56.